The van der Waals surface area contributed by atoms with Crippen LogP contribution in [0.15, 0.2) is 42.5 Å². The van der Waals surface area contributed by atoms with E-state index >= 15 is 0 Å². The van der Waals surface area contributed by atoms with Gasteiger partial charge in [-0.1, -0.05) is 42.5 Å². The summed E-state index contributed by atoms with van der Waals surface area (Å²) in [4.78, 5) is 0. The summed E-state index contributed by atoms with van der Waals surface area (Å²) >= 11 is 4.19. The van der Waals surface area contributed by atoms with Gasteiger partial charge in [-0.2, -0.15) is 0 Å². The summed E-state index contributed by atoms with van der Waals surface area (Å²) in [6.45, 7) is 2.38. The quantitative estimate of drug-likeness (QED) is 0.716. The number of fused-ring (bicyclic) bond motifs is 1. The van der Waals surface area contributed by atoms with Gasteiger partial charge in [0.2, 0.25) is 0 Å². The lowest BCUT2D eigenvalue weighted by atomic mass is 10.0. The van der Waals surface area contributed by atoms with Crippen LogP contribution in [0, 0.1) is 0 Å². The molecular weight excluding hydrogens is 244 g/mol. The Kier molecular flexibility index (Phi) is 3.10. The van der Waals surface area contributed by atoms with Gasteiger partial charge in [0, 0.05) is 0 Å². The van der Waals surface area contributed by atoms with Gasteiger partial charge in [0.15, 0.2) is 0 Å². The van der Waals surface area contributed by atoms with Crippen molar-refractivity contribution in [3.8, 4) is 0 Å². The zero-order valence-corrected chi connectivity index (χ0v) is 11.6. The van der Waals surface area contributed by atoms with Crippen molar-refractivity contribution in [2.75, 3.05) is 11.5 Å². The van der Waals surface area contributed by atoms with Crippen LogP contribution in [0.3, 0.4) is 0 Å². The highest BCUT2D eigenvalue weighted by Crippen LogP contribution is 2.51. The Labute approximate surface area is 111 Å². The van der Waals surface area contributed by atoms with Gasteiger partial charge in [0.25, 0.3) is 0 Å². The van der Waals surface area contributed by atoms with Crippen LogP contribution in [0.4, 0.5) is 0 Å². The van der Waals surface area contributed by atoms with E-state index in [2.05, 4.69) is 72.9 Å². The third-order valence-corrected chi connectivity index (χ3v) is 6.56. The van der Waals surface area contributed by atoms with Crippen molar-refractivity contribution in [2.24, 2.45) is 0 Å². The average molecular weight is 260 g/mol. The fourth-order valence-corrected chi connectivity index (χ4v) is 5.45. The summed E-state index contributed by atoms with van der Waals surface area (Å²) < 4.78 is 0.235. The third kappa shape index (κ3) is 2.09. The molecule has 0 spiro atoms. The van der Waals surface area contributed by atoms with Gasteiger partial charge >= 0.3 is 0 Å². The Balaban J connectivity index is 2.16. The first-order chi connectivity index (χ1) is 8.30. The van der Waals surface area contributed by atoms with Gasteiger partial charge in [-0.05, 0) is 41.2 Å². The molecule has 0 radical (unpaired) electrons. The number of hydrogen-bond donors (Lipinski definition) is 0. The number of rotatable bonds is 1. The lowest BCUT2D eigenvalue weighted by molar-refractivity contribution is 0.973. The molecule has 0 aromatic heterocycles. The summed E-state index contributed by atoms with van der Waals surface area (Å²) in [5, 5.41) is 2.78. The summed E-state index contributed by atoms with van der Waals surface area (Å²) in [5.74, 6) is 2.57. The van der Waals surface area contributed by atoms with E-state index in [-0.39, 0.29) is 4.08 Å². The third-order valence-electron chi connectivity index (χ3n) is 3.32. The molecule has 1 aliphatic rings. The average Bonchev–Trinajstić information content (AvgIpc) is 2.39. The Morgan fingerprint density at radius 1 is 0.941 bits per heavy atom. The molecule has 0 amide bonds. The second-order valence-corrected chi connectivity index (χ2v) is 7.81. The van der Waals surface area contributed by atoms with Crippen molar-refractivity contribution < 1.29 is 0 Å². The SMILES string of the molecule is CC1(c2cccc3ccccc23)SCCCS1. The molecule has 1 heterocycles. The Bertz CT molecular complexity index is 522. The van der Waals surface area contributed by atoms with E-state index in [4.69, 9.17) is 0 Å². The molecule has 2 aromatic rings. The zero-order valence-electron chi connectivity index (χ0n) is 9.98. The maximum atomic E-state index is 2.38. The van der Waals surface area contributed by atoms with E-state index in [0.29, 0.717) is 0 Å². The molecule has 1 fully saturated rings. The molecule has 0 atom stereocenters. The van der Waals surface area contributed by atoms with Crippen molar-refractivity contribution in [1.82, 2.24) is 0 Å². The van der Waals surface area contributed by atoms with E-state index in [9.17, 15) is 0 Å². The van der Waals surface area contributed by atoms with Crippen molar-refractivity contribution in [2.45, 2.75) is 17.4 Å². The molecule has 3 rings (SSSR count). The van der Waals surface area contributed by atoms with Gasteiger partial charge in [-0.3, -0.25) is 0 Å². The maximum absolute atomic E-state index is 2.38. The van der Waals surface area contributed by atoms with Gasteiger partial charge in [0.05, 0.1) is 4.08 Å². The highest BCUT2D eigenvalue weighted by atomic mass is 32.2. The second-order valence-electron chi connectivity index (χ2n) is 4.52. The summed E-state index contributed by atoms with van der Waals surface area (Å²) in [7, 11) is 0. The molecule has 2 aromatic carbocycles. The number of thioether (sulfide) groups is 2. The highest BCUT2D eigenvalue weighted by Gasteiger charge is 2.31. The maximum Gasteiger partial charge on any atom is 0.0838 e. The van der Waals surface area contributed by atoms with Crippen LogP contribution < -0.4 is 0 Å². The molecule has 1 aliphatic heterocycles. The molecular formula is C15H16S2. The molecule has 88 valence electrons. The standard InChI is InChI=1S/C15H16S2/c1-15(16-10-5-11-17-15)14-9-4-7-12-6-2-3-8-13(12)14/h2-4,6-9H,5,10-11H2,1H3. The van der Waals surface area contributed by atoms with Gasteiger partial charge in [-0.25, -0.2) is 0 Å². The smallest absolute Gasteiger partial charge is 0.0838 e. The van der Waals surface area contributed by atoms with Gasteiger partial charge in [-0.15, -0.1) is 23.5 Å². The first-order valence-electron chi connectivity index (χ1n) is 6.06. The minimum atomic E-state index is 0.235. The Hall–Kier alpha value is -0.600. The molecule has 2 heteroatoms. The van der Waals surface area contributed by atoms with Crippen LogP contribution in [0.2, 0.25) is 0 Å². The molecule has 1 saturated heterocycles. The molecule has 0 nitrogen and oxygen atoms in total. The van der Waals surface area contributed by atoms with Crippen molar-refractivity contribution in [3.05, 3.63) is 48.0 Å². The van der Waals surface area contributed by atoms with Crippen LogP contribution in [-0.2, 0) is 4.08 Å². The van der Waals surface area contributed by atoms with Crippen LogP contribution >= 0.6 is 23.5 Å². The summed E-state index contributed by atoms with van der Waals surface area (Å²) in [6, 6.07) is 15.4. The van der Waals surface area contributed by atoms with E-state index in [1.807, 2.05) is 0 Å². The van der Waals surface area contributed by atoms with Crippen LogP contribution in [-0.4, -0.2) is 11.5 Å². The molecule has 0 unspecified atom stereocenters. The second kappa shape index (κ2) is 4.58. The zero-order chi connectivity index (χ0) is 11.7. The summed E-state index contributed by atoms with van der Waals surface area (Å²) in [6.07, 6.45) is 1.34. The monoisotopic (exact) mass is 260 g/mol. The molecule has 0 aliphatic carbocycles. The van der Waals surface area contributed by atoms with Crippen LogP contribution in [0.25, 0.3) is 10.8 Å². The van der Waals surface area contributed by atoms with Crippen molar-refractivity contribution >= 4 is 34.3 Å². The predicted molar refractivity (Wildman–Crippen MR) is 80.8 cm³/mol. The molecule has 17 heavy (non-hydrogen) atoms. The number of hydrogen-bond acceptors (Lipinski definition) is 2. The first-order valence-corrected chi connectivity index (χ1v) is 8.03. The molecule has 0 bridgehead atoms. The topological polar surface area (TPSA) is 0 Å². The van der Waals surface area contributed by atoms with E-state index in [1.54, 1.807) is 0 Å². The van der Waals surface area contributed by atoms with E-state index < -0.39 is 0 Å². The van der Waals surface area contributed by atoms with Crippen molar-refractivity contribution in [3.63, 3.8) is 0 Å². The molecule has 0 saturated carbocycles. The van der Waals surface area contributed by atoms with Crippen LogP contribution in [0.1, 0.15) is 18.9 Å². The minimum Gasteiger partial charge on any atom is -0.140 e. The Morgan fingerprint density at radius 2 is 1.65 bits per heavy atom. The fraction of sp³-hybridized carbons (Fsp3) is 0.333. The largest absolute Gasteiger partial charge is 0.140 e. The normalized spacial score (nSPS) is 19.4. The predicted octanol–water partition coefficient (Wildman–Crippen LogP) is 4.88. The molecule has 0 N–H and O–H groups in total. The Morgan fingerprint density at radius 3 is 2.47 bits per heavy atom. The van der Waals surface area contributed by atoms with Crippen molar-refractivity contribution in [1.29, 1.82) is 0 Å². The van der Waals surface area contributed by atoms with E-state index in [1.165, 1.54) is 34.3 Å². The lowest BCUT2D eigenvalue weighted by Crippen LogP contribution is -2.18. The summed E-state index contributed by atoms with van der Waals surface area (Å²) in [5.41, 5.74) is 1.49. The minimum absolute atomic E-state index is 0.235. The fourth-order valence-electron chi connectivity index (χ4n) is 2.41. The first kappa shape index (κ1) is 11.5. The number of benzene rings is 2. The van der Waals surface area contributed by atoms with E-state index in [0.717, 1.165) is 0 Å². The van der Waals surface area contributed by atoms with Gasteiger partial charge < -0.3 is 0 Å². The van der Waals surface area contributed by atoms with Gasteiger partial charge in [0.1, 0.15) is 0 Å². The van der Waals surface area contributed by atoms with Crippen LogP contribution in [0.5, 0.6) is 0 Å². The lowest BCUT2D eigenvalue weighted by Gasteiger charge is -2.33. The highest BCUT2D eigenvalue weighted by molar-refractivity contribution is 8.18.